The van der Waals surface area contributed by atoms with Crippen molar-refractivity contribution >= 4 is 11.8 Å². The molecule has 1 heterocycles. The molecule has 120 valence electrons. The summed E-state index contributed by atoms with van der Waals surface area (Å²) in [6.07, 6.45) is 0.973. The Morgan fingerprint density at radius 2 is 1.95 bits per heavy atom. The fourth-order valence-electron chi connectivity index (χ4n) is 2.43. The molecule has 0 spiro atoms. The van der Waals surface area contributed by atoms with Crippen molar-refractivity contribution in [2.24, 2.45) is 5.73 Å². The van der Waals surface area contributed by atoms with Gasteiger partial charge in [0.15, 0.2) is 0 Å². The maximum Gasteiger partial charge on any atom is 0.251 e. The van der Waals surface area contributed by atoms with E-state index in [1.807, 2.05) is 12.1 Å². The van der Waals surface area contributed by atoms with Crippen LogP contribution in [0, 0.1) is 0 Å². The molecule has 2 rings (SSSR count). The van der Waals surface area contributed by atoms with Crippen molar-refractivity contribution in [3.8, 4) is 0 Å². The minimum atomic E-state index is -0.388. The molecule has 22 heavy (non-hydrogen) atoms. The molecule has 0 aromatic heterocycles. The SMILES string of the molecule is CN(C)C(=O)C1CCC(CNC(=O)c2ccc(CN)cc2)O1. The minimum Gasteiger partial charge on any atom is -0.363 e. The number of rotatable bonds is 5. The van der Waals surface area contributed by atoms with Crippen molar-refractivity contribution in [2.75, 3.05) is 20.6 Å². The van der Waals surface area contributed by atoms with E-state index in [1.54, 1.807) is 26.2 Å². The van der Waals surface area contributed by atoms with E-state index in [0.717, 1.165) is 12.0 Å². The number of benzene rings is 1. The van der Waals surface area contributed by atoms with Gasteiger partial charge < -0.3 is 20.7 Å². The van der Waals surface area contributed by atoms with E-state index in [2.05, 4.69) is 5.32 Å². The number of likely N-dealkylation sites (N-methyl/N-ethyl adjacent to an activating group) is 1. The summed E-state index contributed by atoms with van der Waals surface area (Å²) in [6.45, 7) is 0.869. The first-order valence-electron chi connectivity index (χ1n) is 7.45. The highest BCUT2D eigenvalue weighted by Crippen LogP contribution is 2.20. The third-order valence-corrected chi connectivity index (χ3v) is 3.77. The van der Waals surface area contributed by atoms with E-state index in [9.17, 15) is 9.59 Å². The van der Waals surface area contributed by atoms with Gasteiger partial charge in [-0.15, -0.1) is 0 Å². The van der Waals surface area contributed by atoms with Gasteiger partial charge in [0.05, 0.1) is 6.10 Å². The third kappa shape index (κ3) is 4.05. The molecule has 6 heteroatoms. The predicted molar refractivity (Wildman–Crippen MR) is 83.3 cm³/mol. The number of carbonyl (C=O) groups excluding carboxylic acids is 2. The molecule has 0 radical (unpaired) electrons. The minimum absolute atomic E-state index is 0.0220. The normalized spacial score (nSPS) is 20.7. The average Bonchev–Trinajstić information content (AvgIpc) is 3.00. The van der Waals surface area contributed by atoms with Crippen LogP contribution in [0.1, 0.15) is 28.8 Å². The van der Waals surface area contributed by atoms with E-state index in [1.165, 1.54) is 4.90 Å². The monoisotopic (exact) mass is 305 g/mol. The largest absolute Gasteiger partial charge is 0.363 e. The lowest BCUT2D eigenvalue weighted by Gasteiger charge is -2.17. The number of nitrogens with one attached hydrogen (secondary N) is 1. The van der Waals surface area contributed by atoms with Crippen LogP contribution in [0.25, 0.3) is 0 Å². The highest BCUT2D eigenvalue weighted by Gasteiger charge is 2.31. The van der Waals surface area contributed by atoms with Crippen LogP contribution in [0.2, 0.25) is 0 Å². The molecule has 1 aliphatic rings. The molecular weight excluding hydrogens is 282 g/mol. The maximum absolute atomic E-state index is 12.1. The predicted octanol–water partition coefficient (Wildman–Crippen LogP) is 0.511. The molecule has 0 aliphatic carbocycles. The first-order valence-corrected chi connectivity index (χ1v) is 7.45. The molecule has 0 saturated carbocycles. The van der Waals surface area contributed by atoms with Gasteiger partial charge in [-0.25, -0.2) is 0 Å². The fourth-order valence-corrected chi connectivity index (χ4v) is 2.43. The summed E-state index contributed by atoms with van der Waals surface area (Å²) in [6, 6.07) is 7.19. The first kappa shape index (κ1) is 16.5. The molecule has 1 saturated heterocycles. The lowest BCUT2D eigenvalue weighted by Crippen LogP contribution is -2.36. The number of hydrogen-bond acceptors (Lipinski definition) is 4. The van der Waals surface area contributed by atoms with Crippen molar-refractivity contribution in [1.29, 1.82) is 0 Å². The lowest BCUT2D eigenvalue weighted by molar-refractivity contribution is -0.140. The fraction of sp³-hybridized carbons (Fsp3) is 0.500. The molecule has 2 unspecified atom stereocenters. The molecule has 1 aromatic carbocycles. The van der Waals surface area contributed by atoms with E-state index in [4.69, 9.17) is 10.5 Å². The van der Waals surface area contributed by atoms with Gasteiger partial charge in [-0.2, -0.15) is 0 Å². The molecule has 1 fully saturated rings. The van der Waals surface area contributed by atoms with Crippen LogP contribution < -0.4 is 11.1 Å². The second-order valence-corrected chi connectivity index (χ2v) is 5.67. The van der Waals surface area contributed by atoms with Crippen LogP contribution in [0.4, 0.5) is 0 Å². The number of nitrogens with zero attached hydrogens (tertiary/aromatic N) is 1. The van der Waals surface area contributed by atoms with E-state index >= 15 is 0 Å². The second-order valence-electron chi connectivity index (χ2n) is 5.67. The zero-order valence-electron chi connectivity index (χ0n) is 13.0. The smallest absolute Gasteiger partial charge is 0.251 e. The Balaban J connectivity index is 1.80. The number of ether oxygens (including phenoxy) is 1. The Labute approximate surface area is 130 Å². The van der Waals surface area contributed by atoms with Gasteiger partial charge in [-0.1, -0.05) is 12.1 Å². The Morgan fingerprint density at radius 1 is 1.27 bits per heavy atom. The van der Waals surface area contributed by atoms with Gasteiger partial charge in [0.1, 0.15) is 6.10 Å². The highest BCUT2D eigenvalue weighted by molar-refractivity contribution is 5.94. The molecule has 2 atom stereocenters. The molecule has 2 amide bonds. The second kappa shape index (κ2) is 7.38. The molecule has 6 nitrogen and oxygen atoms in total. The van der Waals surface area contributed by atoms with Crippen LogP contribution in [0.5, 0.6) is 0 Å². The van der Waals surface area contributed by atoms with Gasteiger partial charge in [0.2, 0.25) is 0 Å². The summed E-state index contributed by atoms with van der Waals surface area (Å²) >= 11 is 0. The van der Waals surface area contributed by atoms with Gasteiger partial charge in [-0.3, -0.25) is 9.59 Å². The van der Waals surface area contributed by atoms with E-state index < -0.39 is 0 Å². The lowest BCUT2D eigenvalue weighted by atomic mass is 10.1. The summed E-state index contributed by atoms with van der Waals surface area (Å²) in [5.41, 5.74) is 7.11. The standard InChI is InChI=1S/C16H23N3O3/c1-19(2)16(21)14-8-7-13(22-14)10-18-15(20)12-5-3-11(9-17)4-6-12/h3-6,13-14H,7-10,17H2,1-2H3,(H,18,20). The summed E-state index contributed by atoms with van der Waals surface area (Å²) in [5, 5.41) is 2.85. The molecule has 0 bridgehead atoms. The van der Waals surface area contributed by atoms with E-state index in [0.29, 0.717) is 25.1 Å². The topological polar surface area (TPSA) is 84.7 Å². The van der Waals surface area contributed by atoms with Gasteiger partial charge in [0.25, 0.3) is 11.8 Å². The Hall–Kier alpha value is -1.92. The summed E-state index contributed by atoms with van der Waals surface area (Å²) in [4.78, 5) is 25.4. The number of nitrogens with two attached hydrogens (primary N) is 1. The Kier molecular flexibility index (Phi) is 5.51. The van der Waals surface area contributed by atoms with Crippen molar-refractivity contribution in [2.45, 2.75) is 31.6 Å². The van der Waals surface area contributed by atoms with Crippen molar-refractivity contribution in [3.05, 3.63) is 35.4 Å². The highest BCUT2D eigenvalue weighted by atomic mass is 16.5. The molecule has 1 aromatic rings. The van der Waals surface area contributed by atoms with Crippen molar-refractivity contribution in [3.63, 3.8) is 0 Å². The number of carbonyl (C=O) groups is 2. The average molecular weight is 305 g/mol. The summed E-state index contributed by atoms with van der Waals surface area (Å²) in [5.74, 6) is -0.166. The zero-order valence-corrected chi connectivity index (χ0v) is 13.0. The van der Waals surface area contributed by atoms with Crippen LogP contribution in [-0.4, -0.2) is 49.6 Å². The van der Waals surface area contributed by atoms with Gasteiger partial charge >= 0.3 is 0 Å². The number of amides is 2. The van der Waals surface area contributed by atoms with Crippen LogP contribution >= 0.6 is 0 Å². The van der Waals surface area contributed by atoms with Crippen LogP contribution in [-0.2, 0) is 16.1 Å². The van der Waals surface area contributed by atoms with Crippen LogP contribution in [0.15, 0.2) is 24.3 Å². The quantitative estimate of drug-likeness (QED) is 0.830. The van der Waals surface area contributed by atoms with E-state index in [-0.39, 0.29) is 24.0 Å². The van der Waals surface area contributed by atoms with Gasteiger partial charge in [-0.05, 0) is 30.5 Å². The summed E-state index contributed by atoms with van der Waals surface area (Å²) < 4.78 is 5.68. The molecule has 3 N–H and O–H groups in total. The Bertz CT molecular complexity index is 528. The maximum atomic E-state index is 12.1. The zero-order chi connectivity index (χ0) is 16.1. The van der Waals surface area contributed by atoms with Gasteiger partial charge in [0, 0.05) is 32.7 Å². The van der Waals surface area contributed by atoms with Crippen molar-refractivity contribution in [1.82, 2.24) is 10.2 Å². The Morgan fingerprint density at radius 3 is 2.55 bits per heavy atom. The first-order chi connectivity index (χ1) is 10.5. The van der Waals surface area contributed by atoms with Crippen LogP contribution in [0.3, 0.4) is 0 Å². The van der Waals surface area contributed by atoms with Crippen molar-refractivity contribution < 1.29 is 14.3 Å². The number of hydrogen-bond donors (Lipinski definition) is 2. The molecular formula is C16H23N3O3. The molecule has 1 aliphatic heterocycles. The third-order valence-electron chi connectivity index (χ3n) is 3.77. The summed E-state index contributed by atoms with van der Waals surface area (Å²) in [7, 11) is 3.43.